The minimum Gasteiger partial charge on any atom is -0.352 e. The van der Waals surface area contributed by atoms with E-state index in [1.54, 1.807) is 18.2 Å². The van der Waals surface area contributed by atoms with Gasteiger partial charge in [-0.3, -0.25) is 9.59 Å². The number of hydrogen-bond donors (Lipinski definition) is 1. The normalized spacial score (nSPS) is 12.4. The summed E-state index contributed by atoms with van der Waals surface area (Å²) in [4.78, 5) is 29.0. The van der Waals surface area contributed by atoms with E-state index >= 15 is 0 Å². The molecule has 4 rings (SSSR count). The second-order valence-corrected chi connectivity index (χ2v) is 12.2. The molecule has 0 aliphatic carbocycles. The lowest BCUT2D eigenvalue weighted by Crippen LogP contribution is -2.53. The third kappa shape index (κ3) is 7.14. The fourth-order valence-corrected chi connectivity index (χ4v) is 5.75. The molecule has 40 heavy (non-hydrogen) atoms. The van der Waals surface area contributed by atoms with Crippen LogP contribution in [0.3, 0.4) is 0 Å². The molecule has 0 unspecified atom stereocenters. The lowest BCUT2D eigenvalue weighted by molar-refractivity contribution is -0.141. The topological polar surface area (TPSA) is 86.8 Å². The van der Waals surface area contributed by atoms with Gasteiger partial charge in [0.2, 0.25) is 21.8 Å². The summed E-state index contributed by atoms with van der Waals surface area (Å²) in [5, 5.41) is 4.66. The standard InChI is InChI=1S/C32H35N3O4S/c1-24(2)33-32(37)30(20-25-12-6-4-7-13-25)35(22-26-14-8-5-9-15-26)31(36)23-34(3)40(38,39)29-19-18-27-16-10-11-17-28(27)21-29/h4-19,21,24,30H,20,22-23H2,1-3H3,(H,33,37)/t30-/m0/s1. The summed E-state index contributed by atoms with van der Waals surface area (Å²) in [6, 6.07) is 30.3. The van der Waals surface area contributed by atoms with E-state index in [0.717, 1.165) is 26.2 Å². The predicted octanol–water partition coefficient (Wildman–Crippen LogP) is 4.63. The molecule has 0 bridgehead atoms. The summed E-state index contributed by atoms with van der Waals surface area (Å²) >= 11 is 0. The first-order chi connectivity index (χ1) is 19.1. The Kier molecular flexibility index (Phi) is 9.34. The molecule has 0 aromatic heterocycles. The summed E-state index contributed by atoms with van der Waals surface area (Å²) in [6.07, 6.45) is 0.291. The van der Waals surface area contributed by atoms with E-state index in [-0.39, 0.29) is 23.4 Å². The molecule has 208 valence electrons. The minimum atomic E-state index is -3.97. The predicted molar refractivity (Wildman–Crippen MR) is 158 cm³/mol. The van der Waals surface area contributed by atoms with Crippen LogP contribution in [0.1, 0.15) is 25.0 Å². The van der Waals surface area contributed by atoms with E-state index in [1.807, 2.05) is 98.8 Å². The third-order valence-corrected chi connectivity index (χ3v) is 8.48. The minimum absolute atomic E-state index is 0.106. The van der Waals surface area contributed by atoms with E-state index in [9.17, 15) is 18.0 Å². The summed E-state index contributed by atoms with van der Waals surface area (Å²) in [6.45, 7) is 3.48. The molecule has 0 radical (unpaired) electrons. The first kappa shape index (κ1) is 29.0. The highest BCUT2D eigenvalue weighted by Gasteiger charge is 2.33. The molecule has 0 aliphatic heterocycles. The molecule has 0 aliphatic rings. The highest BCUT2D eigenvalue weighted by atomic mass is 32.2. The monoisotopic (exact) mass is 557 g/mol. The quantitative estimate of drug-likeness (QED) is 0.292. The number of fused-ring (bicyclic) bond motifs is 1. The molecule has 1 N–H and O–H groups in total. The van der Waals surface area contributed by atoms with Gasteiger partial charge in [0.05, 0.1) is 11.4 Å². The van der Waals surface area contributed by atoms with Gasteiger partial charge in [0.15, 0.2) is 0 Å². The van der Waals surface area contributed by atoms with Gasteiger partial charge in [0, 0.05) is 26.1 Å². The van der Waals surface area contributed by atoms with Crippen LogP contribution in [-0.4, -0.2) is 55.1 Å². The Balaban J connectivity index is 1.65. The molecule has 8 heteroatoms. The second-order valence-electron chi connectivity index (χ2n) is 10.1. The van der Waals surface area contributed by atoms with E-state index in [2.05, 4.69) is 5.32 Å². The van der Waals surface area contributed by atoms with Crippen LogP contribution < -0.4 is 5.32 Å². The molecule has 2 amide bonds. The van der Waals surface area contributed by atoms with Gasteiger partial charge in [-0.05, 0) is 47.9 Å². The van der Waals surface area contributed by atoms with Gasteiger partial charge < -0.3 is 10.2 Å². The summed E-state index contributed by atoms with van der Waals surface area (Å²) in [7, 11) is -2.58. The molecule has 0 saturated heterocycles. The zero-order valence-corrected chi connectivity index (χ0v) is 23.8. The third-order valence-electron chi connectivity index (χ3n) is 6.68. The van der Waals surface area contributed by atoms with Gasteiger partial charge in [-0.2, -0.15) is 4.31 Å². The van der Waals surface area contributed by atoms with Crippen LogP contribution in [-0.2, 0) is 32.6 Å². The number of hydrogen-bond acceptors (Lipinski definition) is 4. The van der Waals surface area contributed by atoms with E-state index in [0.29, 0.717) is 6.42 Å². The number of carbonyl (C=O) groups excluding carboxylic acids is 2. The molecular formula is C32H35N3O4S. The molecule has 7 nitrogen and oxygen atoms in total. The fraction of sp³-hybridized carbons (Fsp3) is 0.250. The van der Waals surface area contributed by atoms with E-state index in [4.69, 9.17) is 0 Å². The highest BCUT2D eigenvalue weighted by molar-refractivity contribution is 7.89. The Labute approximate surface area is 236 Å². The Hall–Kier alpha value is -4.01. The van der Waals surface area contributed by atoms with Crippen LogP contribution >= 0.6 is 0 Å². The summed E-state index contributed by atoms with van der Waals surface area (Å²) < 4.78 is 28.1. The maximum Gasteiger partial charge on any atom is 0.243 e. The second kappa shape index (κ2) is 12.9. The number of carbonyl (C=O) groups is 2. The maximum absolute atomic E-state index is 13.9. The Morgan fingerprint density at radius 2 is 1.35 bits per heavy atom. The summed E-state index contributed by atoms with van der Waals surface area (Å²) in [5.41, 5.74) is 1.74. The smallest absolute Gasteiger partial charge is 0.243 e. The number of nitrogens with one attached hydrogen (secondary N) is 1. The largest absolute Gasteiger partial charge is 0.352 e. The van der Waals surface area contributed by atoms with Crippen molar-refractivity contribution in [2.45, 2.75) is 43.8 Å². The zero-order chi connectivity index (χ0) is 28.7. The van der Waals surface area contributed by atoms with Crippen molar-refractivity contribution in [3.8, 4) is 0 Å². The van der Waals surface area contributed by atoms with Gasteiger partial charge in [-0.15, -0.1) is 0 Å². The number of benzene rings is 4. The lowest BCUT2D eigenvalue weighted by Gasteiger charge is -2.33. The number of amides is 2. The van der Waals surface area contributed by atoms with E-state index < -0.39 is 28.5 Å². The van der Waals surface area contributed by atoms with Gasteiger partial charge in [-0.1, -0.05) is 91.0 Å². The van der Waals surface area contributed by atoms with Crippen LogP contribution in [0.2, 0.25) is 0 Å². The van der Waals surface area contributed by atoms with Crippen molar-refractivity contribution in [2.24, 2.45) is 0 Å². The van der Waals surface area contributed by atoms with Gasteiger partial charge in [0.1, 0.15) is 6.04 Å². The van der Waals surface area contributed by atoms with Crippen molar-refractivity contribution in [3.63, 3.8) is 0 Å². The molecule has 4 aromatic rings. The van der Waals surface area contributed by atoms with Gasteiger partial charge in [0.25, 0.3) is 0 Å². The molecular weight excluding hydrogens is 522 g/mol. The molecule has 0 saturated carbocycles. The first-order valence-electron chi connectivity index (χ1n) is 13.3. The van der Waals surface area contributed by atoms with Crippen LogP contribution in [0.4, 0.5) is 0 Å². The highest BCUT2D eigenvalue weighted by Crippen LogP contribution is 2.22. The first-order valence-corrected chi connectivity index (χ1v) is 14.7. The molecule has 0 spiro atoms. The van der Waals surface area contributed by atoms with Crippen LogP contribution in [0, 0.1) is 0 Å². The number of likely N-dealkylation sites (N-methyl/N-ethyl adjacent to an activating group) is 1. The van der Waals surface area contributed by atoms with Crippen molar-refractivity contribution in [1.29, 1.82) is 0 Å². The van der Waals surface area contributed by atoms with Crippen LogP contribution in [0.15, 0.2) is 108 Å². The molecule has 0 heterocycles. The van der Waals surface area contributed by atoms with Crippen molar-refractivity contribution in [3.05, 3.63) is 114 Å². The molecule has 1 atom stereocenters. The van der Waals surface area contributed by atoms with Crippen molar-refractivity contribution >= 4 is 32.6 Å². The van der Waals surface area contributed by atoms with Gasteiger partial charge >= 0.3 is 0 Å². The average Bonchev–Trinajstić information content (AvgIpc) is 2.95. The fourth-order valence-electron chi connectivity index (χ4n) is 4.59. The summed E-state index contributed by atoms with van der Waals surface area (Å²) in [5.74, 6) is -0.751. The number of nitrogens with zero attached hydrogens (tertiary/aromatic N) is 2. The Morgan fingerprint density at radius 1 is 0.775 bits per heavy atom. The van der Waals surface area contributed by atoms with Crippen molar-refractivity contribution < 1.29 is 18.0 Å². The Morgan fingerprint density at radius 3 is 1.98 bits per heavy atom. The Bertz CT molecular complexity index is 1560. The van der Waals surface area contributed by atoms with E-state index in [1.165, 1.54) is 11.9 Å². The average molecular weight is 558 g/mol. The SMILES string of the molecule is CC(C)NC(=O)[C@H](Cc1ccccc1)N(Cc1ccccc1)C(=O)CN(C)S(=O)(=O)c1ccc2ccccc2c1. The zero-order valence-electron chi connectivity index (χ0n) is 23.0. The van der Waals surface area contributed by atoms with Crippen molar-refractivity contribution in [2.75, 3.05) is 13.6 Å². The lowest BCUT2D eigenvalue weighted by atomic mass is 10.0. The number of sulfonamides is 1. The maximum atomic E-state index is 13.9. The number of rotatable bonds is 11. The molecule has 4 aromatic carbocycles. The van der Waals surface area contributed by atoms with Gasteiger partial charge in [-0.25, -0.2) is 8.42 Å². The van der Waals surface area contributed by atoms with Crippen LogP contribution in [0.5, 0.6) is 0 Å². The van der Waals surface area contributed by atoms with Crippen LogP contribution in [0.25, 0.3) is 10.8 Å². The van der Waals surface area contributed by atoms with Crippen molar-refractivity contribution in [1.82, 2.24) is 14.5 Å². The molecule has 0 fully saturated rings.